The summed E-state index contributed by atoms with van der Waals surface area (Å²) in [7, 11) is 3.61. The minimum atomic E-state index is -0.425. The summed E-state index contributed by atoms with van der Waals surface area (Å²) in [5.41, 5.74) is 0.109. The van der Waals surface area contributed by atoms with Gasteiger partial charge in [0.2, 0.25) is 11.7 Å². The van der Waals surface area contributed by atoms with Crippen LogP contribution in [0.1, 0.15) is 19.8 Å². The van der Waals surface area contributed by atoms with E-state index in [1.807, 2.05) is 0 Å². The molecule has 0 aromatic carbocycles. The van der Waals surface area contributed by atoms with E-state index in [4.69, 9.17) is 4.74 Å². The molecular weight excluding hydrogens is 272 g/mol. The third kappa shape index (κ3) is 3.81. The van der Waals surface area contributed by atoms with Crippen LogP contribution in [0.4, 0.5) is 11.5 Å². The summed E-state index contributed by atoms with van der Waals surface area (Å²) < 4.78 is 5.04. The van der Waals surface area contributed by atoms with Gasteiger partial charge in [0.25, 0.3) is 0 Å². The van der Waals surface area contributed by atoms with E-state index in [1.54, 1.807) is 0 Å². The Morgan fingerprint density at radius 3 is 2.71 bits per heavy atom. The highest BCUT2D eigenvalue weighted by molar-refractivity contribution is 5.57. The summed E-state index contributed by atoms with van der Waals surface area (Å²) in [6, 6.07) is 2.92. The molecule has 0 radical (unpaired) electrons. The number of nitro groups is 1. The van der Waals surface area contributed by atoms with Crippen LogP contribution in [0.2, 0.25) is 0 Å². The monoisotopic (exact) mass is 294 g/mol. The number of ether oxygens (including phenoxy) is 1. The zero-order chi connectivity index (χ0) is 15.5. The van der Waals surface area contributed by atoms with Gasteiger partial charge in [-0.25, -0.2) is 0 Å². The number of aromatic nitrogens is 1. The van der Waals surface area contributed by atoms with Crippen molar-refractivity contribution in [2.75, 3.05) is 39.1 Å². The van der Waals surface area contributed by atoms with Crippen molar-refractivity contribution in [2.45, 2.75) is 19.8 Å². The van der Waals surface area contributed by atoms with Gasteiger partial charge in [-0.1, -0.05) is 6.92 Å². The number of likely N-dealkylation sites (tertiary alicyclic amines) is 1. The van der Waals surface area contributed by atoms with E-state index in [-0.39, 0.29) is 16.9 Å². The second-order valence-corrected chi connectivity index (χ2v) is 5.95. The second kappa shape index (κ2) is 6.26. The first-order valence-corrected chi connectivity index (χ1v) is 7.05. The first kappa shape index (κ1) is 15.5. The number of methoxy groups -OCH3 is 1. The Kier molecular flexibility index (Phi) is 4.62. The molecule has 1 aliphatic heterocycles. The van der Waals surface area contributed by atoms with Crippen molar-refractivity contribution in [1.82, 2.24) is 9.88 Å². The molecule has 2 heterocycles. The molecule has 0 atom stereocenters. The van der Waals surface area contributed by atoms with Crippen molar-refractivity contribution in [2.24, 2.45) is 5.41 Å². The number of nitrogens with zero attached hydrogens (tertiary/aromatic N) is 3. The molecule has 2 rings (SSSR count). The number of nitrogens with one attached hydrogen (secondary N) is 1. The zero-order valence-corrected chi connectivity index (χ0v) is 12.8. The molecule has 0 unspecified atom stereocenters. The van der Waals surface area contributed by atoms with Crippen molar-refractivity contribution in [3.63, 3.8) is 0 Å². The molecule has 1 fully saturated rings. The van der Waals surface area contributed by atoms with E-state index in [9.17, 15) is 10.1 Å². The first-order chi connectivity index (χ1) is 9.93. The van der Waals surface area contributed by atoms with Crippen LogP contribution >= 0.6 is 0 Å². The van der Waals surface area contributed by atoms with Gasteiger partial charge >= 0.3 is 5.69 Å². The molecule has 21 heavy (non-hydrogen) atoms. The van der Waals surface area contributed by atoms with Crippen LogP contribution in [0.3, 0.4) is 0 Å². The Bertz CT molecular complexity index is 513. The molecule has 0 spiro atoms. The zero-order valence-electron chi connectivity index (χ0n) is 12.8. The number of piperidine rings is 1. The Morgan fingerprint density at radius 2 is 2.14 bits per heavy atom. The van der Waals surface area contributed by atoms with Crippen LogP contribution in [0.15, 0.2) is 12.1 Å². The maximum absolute atomic E-state index is 11.1. The quantitative estimate of drug-likeness (QED) is 0.662. The average Bonchev–Trinajstić information content (AvgIpc) is 2.48. The largest absolute Gasteiger partial charge is 0.481 e. The Balaban J connectivity index is 2.09. The van der Waals surface area contributed by atoms with Crippen LogP contribution in [0, 0.1) is 15.5 Å². The molecule has 1 aromatic rings. The Morgan fingerprint density at radius 1 is 1.48 bits per heavy atom. The maximum atomic E-state index is 11.1. The van der Waals surface area contributed by atoms with Crippen molar-refractivity contribution in [3.05, 3.63) is 22.2 Å². The van der Waals surface area contributed by atoms with Gasteiger partial charge in [-0.2, -0.15) is 4.98 Å². The Labute approximate surface area is 124 Å². The molecular formula is C14H22N4O3. The lowest BCUT2D eigenvalue weighted by Gasteiger charge is -2.38. The van der Waals surface area contributed by atoms with Crippen LogP contribution in [-0.2, 0) is 0 Å². The van der Waals surface area contributed by atoms with E-state index in [0.717, 1.165) is 25.9 Å². The summed E-state index contributed by atoms with van der Waals surface area (Å²) >= 11 is 0. The number of anilines is 1. The molecule has 7 nitrogen and oxygen atoms in total. The third-order valence-electron chi connectivity index (χ3n) is 4.13. The van der Waals surface area contributed by atoms with E-state index >= 15 is 0 Å². The second-order valence-electron chi connectivity index (χ2n) is 5.95. The highest BCUT2D eigenvalue weighted by atomic mass is 16.6. The van der Waals surface area contributed by atoms with Crippen LogP contribution < -0.4 is 10.1 Å². The summed E-state index contributed by atoms with van der Waals surface area (Å²) in [5, 5.41) is 14.2. The standard InChI is InChI=1S/C14H22N4O3/c1-14(6-8-17(2)9-7-14)10-15-13-11(18(19)20)4-5-12(16-13)21-3/h4-5H,6-10H2,1-3H3,(H,15,16). The van der Waals surface area contributed by atoms with Crippen LogP contribution in [0.5, 0.6) is 5.88 Å². The summed E-state index contributed by atoms with van der Waals surface area (Å²) in [6.07, 6.45) is 2.13. The SMILES string of the molecule is COc1ccc([N+](=O)[O-])c(NCC2(C)CCN(C)CC2)n1. The Hall–Kier alpha value is -1.89. The van der Waals surface area contributed by atoms with Crippen LogP contribution in [0.25, 0.3) is 0 Å². The predicted molar refractivity (Wildman–Crippen MR) is 80.8 cm³/mol. The highest BCUT2D eigenvalue weighted by Crippen LogP contribution is 2.32. The smallest absolute Gasteiger partial charge is 0.311 e. The molecule has 1 aliphatic rings. The van der Waals surface area contributed by atoms with Crippen molar-refractivity contribution in [3.8, 4) is 5.88 Å². The number of rotatable bonds is 5. The highest BCUT2D eigenvalue weighted by Gasteiger charge is 2.29. The summed E-state index contributed by atoms with van der Waals surface area (Å²) in [6.45, 7) is 4.97. The maximum Gasteiger partial charge on any atom is 0.311 e. The lowest BCUT2D eigenvalue weighted by molar-refractivity contribution is -0.384. The van der Waals surface area contributed by atoms with Gasteiger partial charge < -0.3 is 15.0 Å². The normalized spacial score (nSPS) is 18.2. The molecule has 0 bridgehead atoms. The lowest BCUT2D eigenvalue weighted by atomic mass is 9.80. The van der Waals surface area contributed by atoms with Gasteiger partial charge in [-0.3, -0.25) is 10.1 Å². The third-order valence-corrected chi connectivity index (χ3v) is 4.13. The molecule has 116 valence electrons. The van der Waals surface area contributed by atoms with Crippen LogP contribution in [-0.4, -0.2) is 48.6 Å². The van der Waals surface area contributed by atoms with Crippen molar-refractivity contribution >= 4 is 11.5 Å². The van der Waals surface area contributed by atoms with Gasteiger partial charge in [0.05, 0.1) is 12.0 Å². The summed E-state index contributed by atoms with van der Waals surface area (Å²) in [5.74, 6) is 0.649. The fourth-order valence-corrected chi connectivity index (χ4v) is 2.46. The summed E-state index contributed by atoms with van der Waals surface area (Å²) in [4.78, 5) is 17.1. The fourth-order valence-electron chi connectivity index (χ4n) is 2.46. The minimum absolute atomic E-state index is 0.0210. The molecule has 0 amide bonds. The molecule has 1 saturated heterocycles. The van der Waals surface area contributed by atoms with Gasteiger partial charge in [-0.05, 0) is 38.4 Å². The van der Waals surface area contributed by atoms with Gasteiger partial charge in [0.15, 0.2) is 0 Å². The predicted octanol–water partition coefficient (Wildman–Crippen LogP) is 2.14. The molecule has 1 aromatic heterocycles. The fraction of sp³-hybridized carbons (Fsp3) is 0.643. The average molecular weight is 294 g/mol. The van der Waals surface area contributed by atoms with Crippen molar-refractivity contribution in [1.29, 1.82) is 0 Å². The number of hydrogen-bond acceptors (Lipinski definition) is 6. The van der Waals surface area contributed by atoms with E-state index in [1.165, 1.54) is 19.2 Å². The van der Waals surface area contributed by atoms with Gasteiger partial charge in [-0.15, -0.1) is 0 Å². The van der Waals surface area contributed by atoms with E-state index in [2.05, 4.69) is 29.2 Å². The molecule has 1 N–H and O–H groups in total. The minimum Gasteiger partial charge on any atom is -0.481 e. The topological polar surface area (TPSA) is 80.5 Å². The van der Waals surface area contributed by atoms with Gasteiger partial charge in [0.1, 0.15) is 0 Å². The number of pyridine rings is 1. The molecule has 0 saturated carbocycles. The first-order valence-electron chi connectivity index (χ1n) is 7.05. The van der Waals surface area contributed by atoms with E-state index in [0.29, 0.717) is 12.4 Å². The molecule has 7 heteroatoms. The van der Waals surface area contributed by atoms with Gasteiger partial charge in [0, 0.05) is 18.7 Å². The lowest BCUT2D eigenvalue weighted by Crippen LogP contribution is -2.40. The van der Waals surface area contributed by atoms with E-state index < -0.39 is 4.92 Å². The molecule has 0 aliphatic carbocycles. The van der Waals surface area contributed by atoms with Crippen molar-refractivity contribution < 1.29 is 9.66 Å². The number of hydrogen-bond donors (Lipinski definition) is 1.